The van der Waals surface area contributed by atoms with Crippen LogP contribution in [0.15, 0.2) is 84.9 Å². The second-order valence-corrected chi connectivity index (χ2v) is 11.8. The van der Waals surface area contributed by atoms with Gasteiger partial charge in [-0.1, -0.05) is 72.8 Å². The Labute approximate surface area is 288 Å². The third kappa shape index (κ3) is 11.6. The molecule has 0 saturated carbocycles. The smallest absolute Gasteiger partial charge is 0.326 e. The van der Waals surface area contributed by atoms with Crippen LogP contribution in [0.25, 0.3) is 0 Å². The van der Waals surface area contributed by atoms with Gasteiger partial charge >= 0.3 is 11.9 Å². The first-order chi connectivity index (χ1) is 24.0. The Morgan fingerprint density at radius 1 is 0.720 bits per heavy atom. The number of carboxylic acids is 1. The number of anilines is 1. The number of rotatable bonds is 7. The average Bonchev–Trinajstić information content (AvgIpc) is 3.09. The largest absolute Gasteiger partial charge is 0.480 e. The molecule has 14 nitrogen and oxygen atoms in total. The number of hydrogen-bond donors (Lipinski definition) is 6. The number of carboxylic acid groups (broad SMARTS) is 1. The summed E-state index contributed by atoms with van der Waals surface area (Å²) in [5.74, 6) is -5.89. The summed E-state index contributed by atoms with van der Waals surface area (Å²) in [6.45, 7) is 0.516. The van der Waals surface area contributed by atoms with Gasteiger partial charge in [0, 0.05) is 25.5 Å². The number of aliphatic carboxylic acids is 1. The minimum atomic E-state index is -1.55. The van der Waals surface area contributed by atoms with Crippen LogP contribution < -0.4 is 26.6 Å². The summed E-state index contributed by atoms with van der Waals surface area (Å²) in [7, 11) is 0. The summed E-state index contributed by atoms with van der Waals surface area (Å²) in [5.41, 5.74) is 2.35. The van der Waals surface area contributed by atoms with Crippen LogP contribution in [0.3, 0.4) is 0 Å². The van der Waals surface area contributed by atoms with E-state index < -0.39 is 78.7 Å². The van der Waals surface area contributed by atoms with E-state index in [4.69, 9.17) is 4.74 Å². The number of nitrogens with one attached hydrogen (secondary N) is 5. The Bertz CT molecular complexity index is 1680. The van der Waals surface area contributed by atoms with E-state index in [1.165, 1.54) is 12.1 Å². The summed E-state index contributed by atoms with van der Waals surface area (Å²) in [6, 6.07) is 20.3. The Hall–Kier alpha value is -6.05. The number of aryl methyl sites for hydroxylation is 1. The van der Waals surface area contributed by atoms with Gasteiger partial charge in [-0.3, -0.25) is 28.8 Å². The topological polar surface area (TPSA) is 209 Å². The van der Waals surface area contributed by atoms with Gasteiger partial charge < -0.3 is 36.4 Å². The molecule has 0 spiro atoms. The van der Waals surface area contributed by atoms with Crippen molar-refractivity contribution < 1.29 is 43.4 Å². The van der Waals surface area contributed by atoms with Gasteiger partial charge in [-0.2, -0.15) is 0 Å². The van der Waals surface area contributed by atoms with Crippen LogP contribution in [-0.4, -0.2) is 77.4 Å². The fourth-order valence-electron chi connectivity index (χ4n) is 5.28. The zero-order chi connectivity index (χ0) is 36.0. The van der Waals surface area contributed by atoms with E-state index in [-0.39, 0.29) is 24.9 Å². The molecule has 4 unspecified atom stereocenters. The first kappa shape index (κ1) is 36.8. The van der Waals surface area contributed by atoms with E-state index in [2.05, 4.69) is 26.6 Å². The zero-order valence-electron chi connectivity index (χ0n) is 27.3. The molecule has 2 aliphatic rings. The minimum Gasteiger partial charge on any atom is -0.480 e. The quantitative estimate of drug-likeness (QED) is 0.155. The van der Waals surface area contributed by atoms with Gasteiger partial charge in [0.25, 0.3) is 5.91 Å². The van der Waals surface area contributed by atoms with Crippen molar-refractivity contribution in [1.29, 1.82) is 0 Å². The van der Waals surface area contributed by atoms with Crippen LogP contribution in [0, 0.1) is 0 Å². The SMILES string of the molecule is CC(=O)OC1CC(=O)NC(Cc2ccccc2)C(=O)NCC(=O)NC(CCc2ccccc2)C(=O)NC(C(=O)O)Cc2ccc(cc2)NC1=O. The number of ether oxygens (including phenoxy) is 1. The molecule has 0 radical (unpaired) electrons. The monoisotopic (exact) mass is 685 g/mol. The van der Waals surface area contributed by atoms with E-state index >= 15 is 0 Å². The molecule has 0 aliphatic carbocycles. The van der Waals surface area contributed by atoms with Gasteiger partial charge in [-0.05, 0) is 41.7 Å². The minimum absolute atomic E-state index is 0.0233. The maximum atomic E-state index is 13.5. The number of hydrogen-bond acceptors (Lipinski definition) is 8. The Morgan fingerprint density at radius 2 is 1.34 bits per heavy atom. The third-order valence-electron chi connectivity index (χ3n) is 7.82. The molecule has 3 aromatic rings. The van der Waals surface area contributed by atoms with E-state index in [9.17, 15) is 38.7 Å². The molecule has 0 saturated heterocycles. The molecule has 14 heteroatoms. The van der Waals surface area contributed by atoms with E-state index in [1.54, 1.807) is 42.5 Å². The molecule has 2 bridgehead atoms. The van der Waals surface area contributed by atoms with Gasteiger partial charge in [0.05, 0.1) is 13.0 Å². The fourth-order valence-corrected chi connectivity index (χ4v) is 5.28. The highest BCUT2D eigenvalue weighted by atomic mass is 16.5. The second-order valence-electron chi connectivity index (χ2n) is 11.8. The summed E-state index contributed by atoms with van der Waals surface area (Å²) < 4.78 is 5.13. The Morgan fingerprint density at radius 3 is 1.96 bits per heavy atom. The van der Waals surface area contributed by atoms with E-state index in [0.717, 1.165) is 12.5 Å². The number of carbonyl (C=O) groups excluding carboxylic acids is 6. The lowest BCUT2D eigenvalue weighted by Gasteiger charge is -2.23. The highest BCUT2D eigenvalue weighted by Crippen LogP contribution is 2.15. The first-order valence-corrected chi connectivity index (χ1v) is 16.0. The molecular formula is C36H39N5O9. The van der Waals surface area contributed by atoms with Gasteiger partial charge in [0.1, 0.15) is 18.1 Å². The lowest BCUT2D eigenvalue weighted by Crippen LogP contribution is -2.55. The predicted octanol–water partition coefficient (Wildman–Crippen LogP) is 1.03. The first-order valence-electron chi connectivity index (χ1n) is 16.0. The highest BCUT2D eigenvalue weighted by Gasteiger charge is 2.30. The molecule has 6 N–H and O–H groups in total. The molecule has 2 aliphatic heterocycles. The van der Waals surface area contributed by atoms with Gasteiger partial charge in [0.15, 0.2) is 6.10 Å². The van der Waals surface area contributed by atoms with Crippen LogP contribution in [-0.2, 0) is 57.6 Å². The average molecular weight is 686 g/mol. The van der Waals surface area contributed by atoms with Crippen LogP contribution in [0.1, 0.15) is 36.5 Å². The lowest BCUT2D eigenvalue weighted by atomic mass is 10.0. The third-order valence-corrected chi connectivity index (χ3v) is 7.82. The Balaban J connectivity index is 1.63. The second kappa shape index (κ2) is 17.9. The number of benzene rings is 3. The van der Waals surface area contributed by atoms with Crippen molar-refractivity contribution in [3.8, 4) is 0 Å². The molecular weight excluding hydrogens is 646 g/mol. The molecule has 5 rings (SSSR count). The molecule has 5 amide bonds. The van der Waals surface area contributed by atoms with Gasteiger partial charge in [-0.15, -0.1) is 0 Å². The van der Waals surface area contributed by atoms with Crippen LogP contribution in [0.2, 0.25) is 0 Å². The molecule has 0 aromatic heterocycles. The molecule has 4 atom stereocenters. The predicted molar refractivity (Wildman–Crippen MR) is 180 cm³/mol. The lowest BCUT2D eigenvalue weighted by molar-refractivity contribution is -0.153. The van der Waals surface area contributed by atoms with Gasteiger partial charge in [0.2, 0.25) is 23.6 Å². The van der Waals surface area contributed by atoms with Crippen molar-refractivity contribution in [3.63, 3.8) is 0 Å². The molecule has 50 heavy (non-hydrogen) atoms. The van der Waals surface area contributed by atoms with Crippen LogP contribution >= 0.6 is 0 Å². The van der Waals surface area contributed by atoms with Gasteiger partial charge in [-0.25, -0.2) is 4.79 Å². The molecule has 262 valence electrons. The van der Waals surface area contributed by atoms with Crippen LogP contribution in [0.4, 0.5) is 5.69 Å². The standard InChI is InChI=1S/C36H39N5O9/c1-22(42)50-30-20-31(43)40-28(18-24-10-6-3-7-11-24)33(45)37-21-32(44)39-27(17-14-23-8-4-2-5-9-23)34(46)41-29(36(48)49)19-25-12-15-26(16-13-25)38-35(30)47/h2-13,15-16,27-30H,14,17-21H2,1H3,(H,37,45)(H,38,47)(H,39,44)(H,40,43)(H,41,46)(H,48,49). The molecule has 0 fully saturated rings. The number of fused-ring (bicyclic) bond motifs is 18. The van der Waals surface area contributed by atoms with Crippen LogP contribution in [0.5, 0.6) is 0 Å². The zero-order valence-corrected chi connectivity index (χ0v) is 27.3. The summed E-state index contributed by atoms with van der Waals surface area (Å²) in [4.78, 5) is 90.3. The highest BCUT2D eigenvalue weighted by molar-refractivity contribution is 5.99. The van der Waals surface area contributed by atoms with Crippen molar-refractivity contribution in [1.82, 2.24) is 21.3 Å². The van der Waals surface area contributed by atoms with Crippen molar-refractivity contribution in [2.24, 2.45) is 0 Å². The van der Waals surface area contributed by atoms with Crippen molar-refractivity contribution in [2.45, 2.75) is 63.3 Å². The number of carbonyl (C=O) groups is 7. The summed E-state index contributed by atoms with van der Waals surface area (Å²) in [6.07, 6.45) is -1.74. The summed E-state index contributed by atoms with van der Waals surface area (Å²) >= 11 is 0. The Kier molecular flexibility index (Phi) is 13.2. The number of esters is 1. The van der Waals surface area contributed by atoms with E-state index in [1.807, 2.05) is 30.3 Å². The molecule has 3 aromatic carbocycles. The van der Waals surface area contributed by atoms with Crippen molar-refractivity contribution in [3.05, 3.63) is 102 Å². The maximum absolute atomic E-state index is 13.5. The maximum Gasteiger partial charge on any atom is 0.326 e. The van der Waals surface area contributed by atoms with Crippen molar-refractivity contribution in [2.75, 3.05) is 11.9 Å². The fraction of sp³-hybridized carbons (Fsp3) is 0.306. The van der Waals surface area contributed by atoms with Crippen molar-refractivity contribution >= 4 is 47.2 Å². The van der Waals surface area contributed by atoms with E-state index in [0.29, 0.717) is 17.5 Å². The molecule has 2 heterocycles. The summed E-state index contributed by atoms with van der Waals surface area (Å²) in [5, 5.41) is 22.7. The number of amides is 5. The normalized spacial score (nSPS) is 20.9.